The molecule has 0 radical (unpaired) electrons. The first-order chi connectivity index (χ1) is 11.7. The van der Waals surface area contributed by atoms with Crippen molar-refractivity contribution in [3.8, 4) is 0 Å². The summed E-state index contributed by atoms with van der Waals surface area (Å²) in [6, 6.07) is 17.8. The molecule has 0 aliphatic rings. The summed E-state index contributed by atoms with van der Waals surface area (Å²) in [5.74, 6) is -0.312. The van der Waals surface area contributed by atoms with Gasteiger partial charge in [0.05, 0.1) is 37.1 Å². The molecular formula is C19H20N2O3. The molecule has 124 valence electrons. The van der Waals surface area contributed by atoms with Crippen LogP contribution in [-0.4, -0.2) is 28.2 Å². The number of nitrogens with zero attached hydrogens (tertiary/aromatic N) is 2. The number of esters is 1. The maximum absolute atomic E-state index is 11.4. The SMILES string of the molecule is CC(=O)O[C@H](COCc1ccccc1)Cn1cnc2ccccc21. The number of imidazole rings is 1. The second kappa shape index (κ2) is 7.75. The summed E-state index contributed by atoms with van der Waals surface area (Å²) in [7, 11) is 0. The highest BCUT2D eigenvalue weighted by molar-refractivity contribution is 5.74. The van der Waals surface area contributed by atoms with E-state index in [-0.39, 0.29) is 12.1 Å². The molecule has 0 saturated heterocycles. The van der Waals surface area contributed by atoms with E-state index in [4.69, 9.17) is 9.47 Å². The molecule has 0 aliphatic carbocycles. The maximum atomic E-state index is 11.4. The van der Waals surface area contributed by atoms with E-state index in [0.29, 0.717) is 19.8 Å². The number of fused-ring (bicyclic) bond motifs is 1. The monoisotopic (exact) mass is 324 g/mol. The van der Waals surface area contributed by atoms with Crippen LogP contribution in [-0.2, 0) is 27.4 Å². The van der Waals surface area contributed by atoms with Gasteiger partial charge in [-0.05, 0) is 17.7 Å². The van der Waals surface area contributed by atoms with Crippen molar-refractivity contribution in [3.63, 3.8) is 0 Å². The third-order valence-corrected chi connectivity index (χ3v) is 3.68. The fourth-order valence-electron chi connectivity index (χ4n) is 2.62. The normalized spacial score (nSPS) is 12.2. The Morgan fingerprint density at radius 2 is 1.88 bits per heavy atom. The molecule has 0 fully saturated rings. The molecule has 3 aromatic rings. The summed E-state index contributed by atoms with van der Waals surface area (Å²) in [5.41, 5.74) is 3.02. The molecule has 24 heavy (non-hydrogen) atoms. The first kappa shape index (κ1) is 16.2. The number of hydrogen-bond donors (Lipinski definition) is 0. The van der Waals surface area contributed by atoms with E-state index >= 15 is 0 Å². The molecule has 0 N–H and O–H groups in total. The second-order valence-electron chi connectivity index (χ2n) is 5.62. The average molecular weight is 324 g/mol. The van der Waals surface area contributed by atoms with Gasteiger partial charge in [-0.25, -0.2) is 4.98 Å². The Kier molecular flexibility index (Phi) is 5.23. The van der Waals surface area contributed by atoms with Crippen molar-refractivity contribution >= 4 is 17.0 Å². The third kappa shape index (κ3) is 4.20. The van der Waals surface area contributed by atoms with Crippen molar-refractivity contribution < 1.29 is 14.3 Å². The number of ether oxygens (including phenoxy) is 2. The predicted molar refractivity (Wildman–Crippen MR) is 91.4 cm³/mol. The van der Waals surface area contributed by atoms with Gasteiger partial charge >= 0.3 is 5.97 Å². The molecule has 5 nitrogen and oxygen atoms in total. The summed E-state index contributed by atoms with van der Waals surface area (Å²) < 4.78 is 13.1. The number of benzene rings is 2. The summed E-state index contributed by atoms with van der Waals surface area (Å²) in [4.78, 5) is 15.7. The van der Waals surface area contributed by atoms with E-state index in [1.807, 2.05) is 59.2 Å². The van der Waals surface area contributed by atoms with E-state index in [2.05, 4.69) is 4.98 Å². The number of para-hydroxylation sites is 2. The van der Waals surface area contributed by atoms with Crippen molar-refractivity contribution in [1.82, 2.24) is 9.55 Å². The lowest BCUT2D eigenvalue weighted by Crippen LogP contribution is -2.27. The van der Waals surface area contributed by atoms with Crippen LogP contribution in [0.15, 0.2) is 60.9 Å². The van der Waals surface area contributed by atoms with Crippen LogP contribution in [0, 0.1) is 0 Å². The van der Waals surface area contributed by atoms with Crippen molar-refractivity contribution in [1.29, 1.82) is 0 Å². The average Bonchev–Trinajstić information content (AvgIpc) is 2.98. The Bertz CT molecular complexity index is 798. The van der Waals surface area contributed by atoms with Crippen molar-refractivity contribution in [2.24, 2.45) is 0 Å². The van der Waals surface area contributed by atoms with Crippen molar-refractivity contribution in [2.45, 2.75) is 26.2 Å². The van der Waals surface area contributed by atoms with Crippen LogP contribution in [0.5, 0.6) is 0 Å². The minimum absolute atomic E-state index is 0.312. The highest BCUT2D eigenvalue weighted by atomic mass is 16.6. The minimum atomic E-state index is -0.358. The van der Waals surface area contributed by atoms with Gasteiger partial charge < -0.3 is 14.0 Å². The molecular weight excluding hydrogens is 304 g/mol. The van der Waals surface area contributed by atoms with Gasteiger partial charge in [0.25, 0.3) is 0 Å². The summed E-state index contributed by atoms with van der Waals surface area (Å²) in [5, 5.41) is 0. The van der Waals surface area contributed by atoms with Gasteiger partial charge in [-0.15, -0.1) is 0 Å². The lowest BCUT2D eigenvalue weighted by atomic mass is 10.2. The fourth-order valence-corrected chi connectivity index (χ4v) is 2.62. The largest absolute Gasteiger partial charge is 0.458 e. The summed E-state index contributed by atoms with van der Waals surface area (Å²) in [6.07, 6.45) is 1.40. The van der Waals surface area contributed by atoms with Crippen LogP contribution in [0.2, 0.25) is 0 Å². The minimum Gasteiger partial charge on any atom is -0.458 e. The van der Waals surface area contributed by atoms with Crippen molar-refractivity contribution in [3.05, 3.63) is 66.5 Å². The van der Waals surface area contributed by atoms with Gasteiger partial charge in [-0.3, -0.25) is 4.79 Å². The van der Waals surface area contributed by atoms with Crippen LogP contribution in [0.1, 0.15) is 12.5 Å². The molecule has 5 heteroatoms. The third-order valence-electron chi connectivity index (χ3n) is 3.68. The zero-order chi connectivity index (χ0) is 16.8. The Labute approximate surface area is 140 Å². The molecule has 3 rings (SSSR count). The Hall–Kier alpha value is -2.66. The van der Waals surface area contributed by atoms with Gasteiger partial charge in [0.1, 0.15) is 6.10 Å². The quantitative estimate of drug-likeness (QED) is 0.626. The molecule has 2 aromatic carbocycles. The van der Waals surface area contributed by atoms with E-state index in [9.17, 15) is 4.79 Å². The number of rotatable bonds is 7. The lowest BCUT2D eigenvalue weighted by Gasteiger charge is -2.18. The molecule has 1 atom stereocenters. The molecule has 1 heterocycles. The molecule has 0 amide bonds. The standard InChI is InChI=1S/C19H20N2O3/c1-15(22)24-17(13-23-12-16-7-3-2-4-8-16)11-21-14-20-18-9-5-6-10-19(18)21/h2-10,14,17H,11-13H2,1H3/t17-/m0/s1. The zero-order valence-electron chi connectivity index (χ0n) is 13.6. The van der Waals surface area contributed by atoms with Gasteiger partial charge in [0.2, 0.25) is 0 Å². The first-order valence-corrected chi connectivity index (χ1v) is 7.91. The topological polar surface area (TPSA) is 53.4 Å². The van der Waals surface area contributed by atoms with E-state index < -0.39 is 0 Å². The van der Waals surface area contributed by atoms with Gasteiger partial charge in [0.15, 0.2) is 0 Å². The highest BCUT2D eigenvalue weighted by Gasteiger charge is 2.15. The first-order valence-electron chi connectivity index (χ1n) is 7.91. The van der Waals surface area contributed by atoms with Crippen LogP contribution < -0.4 is 0 Å². The van der Waals surface area contributed by atoms with E-state index in [0.717, 1.165) is 16.6 Å². The number of hydrogen-bond acceptors (Lipinski definition) is 4. The number of aromatic nitrogens is 2. The summed E-state index contributed by atoms with van der Waals surface area (Å²) in [6.45, 7) is 2.75. The van der Waals surface area contributed by atoms with Crippen LogP contribution in [0.3, 0.4) is 0 Å². The predicted octanol–water partition coefficient (Wildman–Crippen LogP) is 3.18. The zero-order valence-corrected chi connectivity index (χ0v) is 13.6. The Morgan fingerprint density at radius 3 is 2.67 bits per heavy atom. The molecule has 1 aromatic heterocycles. The summed E-state index contributed by atoms with van der Waals surface area (Å²) >= 11 is 0. The van der Waals surface area contributed by atoms with Crippen LogP contribution in [0.4, 0.5) is 0 Å². The van der Waals surface area contributed by atoms with Crippen molar-refractivity contribution in [2.75, 3.05) is 6.61 Å². The van der Waals surface area contributed by atoms with E-state index in [1.165, 1.54) is 6.92 Å². The van der Waals surface area contributed by atoms with Gasteiger partial charge in [-0.1, -0.05) is 42.5 Å². The van der Waals surface area contributed by atoms with Gasteiger partial charge in [0, 0.05) is 6.92 Å². The van der Waals surface area contributed by atoms with Gasteiger partial charge in [-0.2, -0.15) is 0 Å². The molecule has 0 bridgehead atoms. The molecule has 0 spiro atoms. The lowest BCUT2D eigenvalue weighted by molar-refractivity contribution is -0.150. The molecule has 0 saturated carbocycles. The maximum Gasteiger partial charge on any atom is 0.303 e. The molecule has 0 unspecified atom stereocenters. The highest BCUT2D eigenvalue weighted by Crippen LogP contribution is 2.13. The molecule has 0 aliphatic heterocycles. The Balaban J connectivity index is 1.64. The van der Waals surface area contributed by atoms with E-state index in [1.54, 1.807) is 6.33 Å². The van der Waals surface area contributed by atoms with Crippen LogP contribution >= 0.6 is 0 Å². The Morgan fingerprint density at radius 1 is 1.12 bits per heavy atom. The smallest absolute Gasteiger partial charge is 0.303 e. The second-order valence-corrected chi connectivity index (χ2v) is 5.62. The fraction of sp³-hybridized carbons (Fsp3) is 0.263. The number of carbonyl (C=O) groups excluding carboxylic acids is 1. The van der Waals surface area contributed by atoms with Crippen LogP contribution in [0.25, 0.3) is 11.0 Å². The number of carbonyl (C=O) groups is 1.